The van der Waals surface area contributed by atoms with Gasteiger partial charge in [0.2, 0.25) is 0 Å². The van der Waals surface area contributed by atoms with Crippen LogP contribution in [0.2, 0.25) is 5.02 Å². The predicted octanol–water partition coefficient (Wildman–Crippen LogP) is 4.45. The van der Waals surface area contributed by atoms with Crippen LogP contribution < -0.4 is 0 Å². The fourth-order valence-electron chi connectivity index (χ4n) is 1.71. The van der Waals surface area contributed by atoms with Gasteiger partial charge in [0.1, 0.15) is 6.61 Å². The lowest BCUT2D eigenvalue weighted by Crippen LogP contribution is -1.90. The largest absolute Gasteiger partial charge is 0.391 e. The number of rotatable bonds is 5. The van der Waals surface area contributed by atoms with Gasteiger partial charge in [-0.05, 0) is 23.6 Å². The standard InChI is InChI=1S/C16H16ClNO/c1-2-13-6-5-7-14(10-13)11-18-19-12-15-8-3-4-9-16(15)17/h3-11H,2,12H2,1H3. The van der Waals surface area contributed by atoms with E-state index in [4.69, 9.17) is 16.4 Å². The van der Waals surface area contributed by atoms with Crippen molar-refractivity contribution >= 4 is 17.8 Å². The highest BCUT2D eigenvalue weighted by atomic mass is 35.5. The van der Waals surface area contributed by atoms with E-state index in [9.17, 15) is 0 Å². The molecule has 0 bridgehead atoms. The highest BCUT2D eigenvalue weighted by molar-refractivity contribution is 6.31. The first-order valence-electron chi connectivity index (χ1n) is 6.27. The summed E-state index contributed by atoms with van der Waals surface area (Å²) in [6, 6.07) is 15.8. The molecule has 0 fully saturated rings. The number of aryl methyl sites for hydroxylation is 1. The molecule has 0 spiro atoms. The van der Waals surface area contributed by atoms with Gasteiger partial charge in [0.25, 0.3) is 0 Å². The predicted molar refractivity (Wildman–Crippen MR) is 79.7 cm³/mol. The van der Waals surface area contributed by atoms with Gasteiger partial charge < -0.3 is 4.84 Å². The Morgan fingerprint density at radius 1 is 1.16 bits per heavy atom. The van der Waals surface area contributed by atoms with Crippen LogP contribution in [-0.2, 0) is 17.9 Å². The Balaban J connectivity index is 1.91. The maximum Gasteiger partial charge on any atom is 0.143 e. The van der Waals surface area contributed by atoms with Crippen molar-refractivity contribution in [3.63, 3.8) is 0 Å². The highest BCUT2D eigenvalue weighted by Crippen LogP contribution is 2.15. The first kappa shape index (κ1) is 13.6. The van der Waals surface area contributed by atoms with Crippen molar-refractivity contribution in [2.24, 2.45) is 5.16 Å². The third kappa shape index (κ3) is 4.11. The smallest absolute Gasteiger partial charge is 0.143 e. The summed E-state index contributed by atoms with van der Waals surface area (Å²) in [4.78, 5) is 5.26. The first-order valence-corrected chi connectivity index (χ1v) is 6.65. The van der Waals surface area contributed by atoms with E-state index in [0.717, 1.165) is 17.5 Å². The second-order valence-electron chi connectivity index (χ2n) is 4.20. The topological polar surface area (TPSA) is 21.6 Å². The van der Waals surface area contributed by atoms with Gasteiger partial charge in [-0.2, -0.15) is 0 Å². The Morgan fingerprint density at radius 2 is 2.00 bits per heavy atom. The summed E-state index contributed by atoms with van der Waals surface area (Å²) in [6.45, 7) is 2.51. The fourth-order valence-corrected chi connectivity index (χ4v) is 1.90. The molecule has 0 unspecified atom stereocenters. The average Bonchev–Trinajstić information content (AvgIpc) is 2.45. The molecule has 0 aliphatic heterocycles. The van der Waals surface area contributed by atoms with Gasteiger partial charge in [-0.3, -0.25) is 0 Å². The van der Waals surface area contributed by atoms with Crippen LogP contribution in [0.15, 0.2) is 53.7 Å². The Hall–Kier alpha value is -1.80. The SMILES string of the molecule is CCc1cccc(C=NOCc2ccccc2Cl)c1. The molecule has 0 atom stereocenters. The fraction of sp³-hybridized carbons (Fsp3) is 0.188. The zero-order valence-electron chi connectivity index (χ0n) is 10.8. The summed E-state index contributed by atoms with van der Waals surface area (Å²) >= 11 is 6.03. The van der Waals surface area contributed by atoms with Crippen molar-refractivity contribution in [3.05, 3.63) is 70.2 Å². The lowest BCUT2D eigenvalue weighted by atomic mass is 10.1. The summed E-state index contributed by atoms with van der Waals surface area (Å²) in [6.07, 6.45) is 2.73. The average molecular weight is 274 g/mol. The Bertz CT molecular complexity index is 566. The van der Waals surface area contributed by atoms with Crippen LogP contribution in [0, 0.1) is 0 Å². The summed E-state index contributed by atoms with van der Waals surface area (Å²) < 4.78 is 0. The molecule has 19 heavy (non-hydrogen) atoms. The number of nitrogens with zero attached hydrogens (tertiary/aromatic N) is 1. The van der Waals surface area contributed by atoms with E-state index in [-0.39, 0.29) is 0 Å². The third-order valence-electron chi connectivity index (χ3n) is 2.81. The lowest BCUT2D eigenvalue weighted by Gasteiger charge is -2.02. The molecule has 98 valence electrons. The van der Waals surface area contributed by atoms with Crippen LogP contribution in [0.25, 0.3) is 0 Å². The van der Waals surface area contributed by atoms with Gasteiger partial charge in [-0.15, -0.1) is 0 Å². The van der Waals surface area contributed by atoms with E-state index in [1.165, 1.54) is 5.56 Å². The number of hydrogen-bond donors (Lipinski definition) is 0. The van der Waals surface area contributed by atoms with Gasteiger partial charge in [0, 0.05) is 10.6 Å². The number of benzene rings is 2. The van der Waals surface area contributed by atoms with Crippen LogP contribution in [0.3, 0.4) is 0 Å². The zero-order chi connectivity index (χ0) is 13.5. The van der Waals surface area contributed by atoms with Crippen molar-refractivity contribution in [2.45, 2.75) is 20.0 Å². The summed E-state index contributed by atoms with van der Waals surface area (Å²) in [5.74, 6) is 0. The number of halogens is 1. The van der Waals surface area contributed by atoms with Gasteiger partial charge in [-0.25, -0.2) is 0 Å². The maximum absolute atomic E-state index is 6.03. The van der Waals surface area contributed by atoms with Crippen LogP contribution in [0.1, 0.15) is 23.6 Å². The molecular formula is C16H16ClNO. The second kappa shape index (κ2) is 6.95. The van der Waals surface area contributed by atoms with E-state index < -0.39 is 0 Å². The molecule has 0 aromatic heterocycles. The molecule has 0 N–H and O–H groups in total. The molecule has 2 aromatic rings. The molecule has 0 saturated carbocycles. The first-order chi connectivity index (χ1) is 9.29. The molecule has 0 radical (unpaired) electrons. The van der Waals surface area contributed by atoms with Crippen molar-refractivity contribution in [1.29, 1.82) is 0 Å². The van der Waals surface area contributed by atoms with Crippen LogP contribution in [0.5, 0.6) is 0 Å². The normalized spacial score (nSPS) is 10.8. The molecular weight excluding hydrogens is 258 g/mol. The Morgan fingerprint density at radius 3 is 2.79 bits per heavy atom. The minimum absolute atomic E-state index is 0.379. The van der Waals surface area contributed by atoms with Crippen molar-refractivity contribution in [1.82, 2.24) is 0 Å². The van der Waals surface area contributed by atoms with E-state index >= 15 is 0 Å². The van der Waals surface area contributed by atoms with Crippen LogP contribution >= 0.6 is 11.6 Å². The summed E-state index contributed by atoms with van der Waals surface area (Å²) in [7, 11) is 0. The molecule has 0 amide bonds. The van der Waals surface area contributed by atoms with E-state index in [0.29, 0.717) is 11.6 Å². The summed E-state index contributed by atoms with van der Waals surface area (Å²) in [5, 5.41) is 4.67. The molecule has 0 aliphatic carbocycles. The molecule has 0 saturated heterocycles. The van der Waals surface area contributed by atoms with Gasteiger partial charge in [0.15, 0.2) is 0 Å². The van der Waals surface area contributed by atoms with E-state index in [2.05, 4.69) is 24.2 Å². The second-order valence-corrected chi connectivity index (χ2v) is 4.61. The minimum Gasteiger partial charge on any atom is -0.391 e. The van der Waals surface area contributed by atoms with Crippen molar-refractivity contribution in [2.75, 3.05) is 0 Å². The quantitative estimate of drug-likeness (QED) is 0.582. The van der Waals surface area contributed by atoms with E-state index in [1.807, 2.05) is 36.4 Å². The summed E-state index contributed by atoms with van der Waals surface area (Å²) in [5.41, 5.74) is 3.26. The molecule has 0 heterocycles. The van der Waals surface area contributed by atoms with Crippen molar-refractivity contribution < 1.29 is 4.84 Å². The van der Waals surface area contributed by atoms with Crippen molar-refractivity contribution in [3.8, 4) is 0 Å². The molecule has 2 rings (SSSR count). The molecule has 2 nitrogen and oxygen atoms in total. The monoisotopic (exact) mass is 273 g/mol. The molecule has 0 aliphatic rings. The van der Waals surface area contributed by atoms with Crippen LogP contribution in [-0.4, -0.2) is 6.21 Å². The van der Waals surface area contributed by atoms with Gasteiger partial charge in [-0.1, -0.05) is 66.1 Å². The third-order valence-corrected chi connectivity index (χ3v) is 3.18. The molecule has 2 aromatic carbocycles. The lowest BCUT2D eigenvalue weighted by molar-refractivity contribution is 0.132. The molecule has 3 heteroatoms. The number of hydrogen-bond acceptors (Lipinski definition) is 2. The maximum atomic E-state index is 6.03. The van der Waals surface area contributed by atoms with E-state index in [1.54, 1.807) is 6.21 Å². The zero-order valence-corrected chi connectivity index (χ0v) is 11.6. The Labute approximate surface area is 118 Å². The Kier molecular flexibility index (Phi) is 4.99. The van der Waals surface area contributed by atoms with Gasteiger partial charge in [0.05, 0.1) is 6.21 Å². The number of oxime groups is 1. The highest BCUT2D eigenvalue weighted by Gasteiger charge is 1.98. The minimum atomic E-state index is 0.379. The van der Waals surface area contributed by atoms with Gasteiger partial charge >= 0.3 is 0 Å². The van der Waals surface area contributed by atoms with Crippen LogP contribution in [0.4, 0.5) is 0 Å².